The number of hydrogen-bond donors (Lipinski definition) is 1. The van der Waals surface area contributed by atoms with E-state index < -0.39 is 0 Å². The second-order valence-electron chi connectivity index (χ2n) is 7.95. The van der Waals surface area contributed by atoms with E-state index in [1.807, 2.05) is 91.0 Å². The van der Waals surface area contributed by atoms with E-state index in [-0.39, 0.29) is 12.3 Å². The molecular formula is C29H23N3O2. The average molecular weight is 446 g/mol. The summed E-state index contributed by atoms with van der Waals surface area (Å²) in [6, 6.07) is 31.6. The predicted molar refractivity (Wildman–Crippen MR) is 136 cm³/mol. The lowest BCUT2D eigenvalue weighted by Gasteiger charge is -2.12. The molecule has 0 aliphatic rings. The van der Waals surface area contributed by atoms with Crippen molar-refractivity contribution in [3.8, 4) is 28.3 Å². The van der Waals surface area contributed by atoms with Gasteiger partial charge in [0.1, 0.15) is 11.4 Å². The summed E-state index contributed by atoms with van der Waals surface area (Å²) in [6.45, 7) is 0. The number of hydrogen-bond acceptors (Lipinski definition) is 4. The van der Waals surface area contributed by atoms with Gasteiger partial charge in [0.25, 0.3) is 0 Å². The second kappa shape index (κ2) is 9.55. The Labute approximate surface area is 198 Å². The number of fused-ring (bicyclic) bond motifs is 1. The number of nitrogens with zero attached hydrogens (tertiary/aromatic N) is 2. The lowest BCUT2D eigenvalue weighted by Crippen LogP contribution is -2.16. The fourth-order valence-electron chi connectivity index (χ4n) is 3.89. The molecule has 0 aliphatic carbocycles. The third-order valence-corrected chi connectivity index (χ3v) is 5.64. The summed E-state index contributed by atoms with van der Waals surface area (Å²) in [7, 11) is 1.64. The second-order valence-corrected chi connectivity index (χ2v) is 7.95. The largest absolute Gasteiger partial charge is 0.497 e. The fourth-order valence-corrected chi connectivity index (χ4v) is 3.89. The lowest BCUT2D eigenvalue weighted by atomic mass is 10.0. The van der Waals surface area contributed by atoms with Crippen molar-refractivity contribution in [1.82, 2.24) is 9.97 Å². The minimum Gasteiger partial charge on any atom is -0.497 e. The summed E-state index contributed by atoms with van der Waals surface area (Å²) in [6.07, 6.45) is 1.93. The van der Waals surface area contributed by atoms with Crippen LogP contribution in [-0.2, 0) is 11.2 Å². The van der Waals surface area contributed by atoms with Crippen LogP contribution in [0.3, 0.4) is 0 Å². The molecule has 0 atom stereocenters. The number of nitrogens with one attached hydrogen (secondary N) is 1. The van der Waals surface area contributed by atoms with E-state index in [0.717, 1.165) is 33.2 Å². The number of amides is 1. The van der Waals surface area contributed by atoms with Crippen LogP contribution in [0.15, 0.2) is 103 Å². The summed E-state index contributed by atoms with van der Waals surface area (Å²) in [5, 5.41) is 5.23. The van der Waals surface area contributed by atoms with Gasteiger partial charge >= 0.3 is 0 Å². The summed E-state index contributed by atoms with van der Waals surface area (Å²) in [5.74, 6) is 1.07. The van der Waals surface area contributed by atoms with Gasteiger partial charge < -0.3 is 10.1 Å². The first kappa shape index (κ1) is 21.3. The van der Waals surface area contributed by atoms with Crippen LogP contribution < -0.4 is 10.1 Å². The number of aromatic nitrogens is 2. The maximum atomic E-state index is 12.9. The monoisotopic (exact) mass is 445 g/mol. The highest BCUT2D eigenvalue weighted by molar-refractivity contribution is 5.95. The maximum absolute atomic E-state index is 12.9. The van der Waals surface area contributed by atoms with E-state index in [1.54, 1.807) is 13.3 Å². The van der Waals surface area contributed by atoms with E-state index in [9.17, 15) is 4.79 Å². The number of methoxy groups -OCH3 is 1. The number of ether oxygens (including phenoxy) is 1. The predicted octanol–water partition coefficient (Wildman–Crippen LogP) is 6.15. The molecule has 5 rings (SSSR count). The molecule has 0 unspecified atom stereocenters. The molecule has 0 saturated heterocycles. The number of anilines is 1. The molecule has 1 aromatic heterocycles. The SMILES string of the molecule is COc1ccc(-c2cnc(NC(=O)Cc3ccc4ccccc4c3)c(-c3ccccc3)n2)cc1. The molecule has 1 amide bonds. The van der Waals surface area contributed by atoms with Crippen molar-refractivity contribution in [2.24, 2.45) is 0 Å². The standard InChI is InChI=1S/C29H23N3O2/c1-34-25-15-13-22(14-16-25)26-19-30-29(28(31-26)23-8-3-2-4-9-23)32-27(33)18-20-11-12-21-7-5-6-10-24(21)17-20/h2-17,19H,18H2,1H3,(H,30,32,33). The summed E-state index contributed by atoms with van der Waals surface area (Å²) < 4.78 is 5.25. The summed E-state index contributed by atoms with van der Waals surface area (Å²) in [5.41, 5.74) is 4.08. The number of benzene rings is 4. The molecule has 0 aliphatic heterocycles. The molecule has 4 aromatic carbocycles. The zero-order valence-electron chi connectivity index (χ0n) is 18.7. The first-order valence-corrected chi connectivity index (χ1v) is 11.0. The third kappa shape index (κ3) is 4.64. The van der Waals surface area contributed by atoms with Gasteiger partial charge in [0.15, 0.2) is 5.82 Å². The van der Waals surface area contributed by atoms with Crippen LogP contribution in [0, 0.1) is 0 Å². The van der Waals surface area contributed by atoms with Gasteiger partial charge in [0, 0.05) is 11.1 Å². The first-order chi connectivity index (χ1) is 16.7. The molecule has 0 spiro atoms. The Kier molecular flexibility index (Phi) is 5.99. The zero-order chi connectivity index (χ0) is 23.3. The number of rotatable bonds is 6. The molecule has 0 saturated carbocycles. The van der Waals surface area contributed by atoms with Gasteiger partial charge in [0.2, 0.25) is 5.91 Å². The molecule has 5 nitrogen and oxygen atoms in total. The smallest absolute Gasteiger partial charge is 0.230 e. The summed E-state index contributed by atoms with van der Waals surface area (Å²) in [4.78, 5) is 22.4. The molecule has 0 bridgehead atoms. The quantitative estimate of drug-likeness (QED) is 0.340. The molecule has 5 heteroatoms. The van der Waals surface area contributed by atoms with Crippen LogP contribution in [0.5, 0.6) is 5.75 Å². The molecule has 1 heterocycles. The number of carbonyl (C=O) groups excluding carboxylic acids is 1. The van der Waals surface area contributed by atoms with Crippen molar-refractivity contribution in [3.05, 3.63) is 109 Å². The van der Waals surface area contributed by atoms with E-state index in [2.05, 4.69) is 16.4 Å². The maximum Gasteiger partial charge on any atom is 0.230 e. The fraction of sp³-hybridized carbons (Fsp3) is 0.0690. The van der Waals surface area contributed by atoms with Crippen LogP contribution in [0.1, 0.15) is 5.56 Å². The molecule has 5 aromatic rings. The van der Waals surface area contributed by atoms with Crippen molar-refractivity contribution in [1.29, 1.82) is 0 Å². The van der Waals surface area contributed by atoms with Crippen LogP contribution in [-0.4, -0.2) is 23.0 Å². The van der Waals surface area contributed by atoms with Gasteiger partial charge in [-0.15, -0.1) is 0 Å². The van der Waals surface area contributed by atoms with Crippen molar-refractivity contribution in [2.75, 3.05) is 12.4 Å². The van der Waals surface area contributed by atoms with E-state index in [0.29, 0.717) is 17.2 Å². The van der Waals surface area contributed by atoms with E-state index >= 15 is 0 Å². The minimum atomic E-state index is -0.140. The van der Waals surface area contributed by atoms with Gasteiger partial charge in [-0.05, 0) is 40.6 Å². The van der Waals surface area contributed by atoms with E-state index in [1.165, 1.54) is 0 Å². The van der Waals surface area contributed by atoms with Gasteiger partial charge in [-0.25, -0.2) is 9.97 Å². The Morgan fingerprint density at radius 1 is 0.824 bits per heavy atom. The lowest BCUT2D eigenvalue weighted by molar-refractivity contribution is -0.115. The highest BCUT2D eigenvalue weighted by atomic mass is 16.5. The zero-order valence-corrected chi connectivity index (χ0v) is 18.7. The van der Waals surface area contributed by atoms with Gasteiger partial charge in [-0.3, -0.25) is 4.79 Å². The number of carbonyl (C=O) groups is 1. The topological polar surface area (TPSA) is 64.1 Å². The molecule has 166 valence electrons. The Bertz CT molecular complexity index is 1450. The van der Waals surface area contributed by atoms with Crippen LogP contribution in [0.25, 0.3) is 33.3 Å². The highest BCUT2D eigenvalue weighted by Gasteiger charge is 2.14. The van der Waals surface area contributed by atoms with Crippen molar-refractivity contribution < 1.29 is 9.53 Å². The molecule has 0 fully saturated rings. The third-order valence-electron chi connectivity index (χ3n) is 5.64. The Hall–Kier alpha value is -4.51. The Morgan fingerprint density at radius 2 is 1.56 bits per heavy atom. The molecular weight excluding hydrogens is 422 g/mol. The minimum absolute atomic E-state index is 0.140. The highest BCUT2D eigenvalue weighted by Crippen LogP contribution is 2.28. The molecule has 34 heavy (non-hydrogen) atoms. The van der Waals surface area contributed by atoms with Crippen molar-refractivity contribution in [3.63, 3.8) is 0 Å². The Morgan fingerprint density at radius 3 is 2.32 bits per heavy atom. The van der Waals surface area contributed by atoms with Gasteiger partial charge in [0.05, 0.1) is 25.4 Å². The van der Waals surface area contributed by atoms with E-state index in [4.69, 9.17) is 9.72 Å². The van der Waals surface area contributed by atoms with Crippen LogP contribution in [0.2, 0.25) is 0 Å². The van der Waals surface area contributed by atoms with Crippen LogP contribution in [0.4, 0.5) is 5.82 Å². The first-order valence-electron chi connectivity index (χ1n) is 11.0. The normalized spacial score (nSPS) is 10.7. The van der Waals surface area contributed by atoms with Crippen LogP contribution >= 0.6 is 0 Å². The summed E-state index contributed by atoms with van der Waals surface area (Å²) >= 11 is 0. The molecule has 1 N–H and O–H groups in total. The van der Waals surface area contributed by atoms with Gasteiger partial charge in [-0.1, -0.05) is 72.8 Å². The molecule has 0 radical (unpaired) electrons. The average Bonchev–Trinajstić information content (AvgIpc) is 2.89. The van der Waals surface area contributed by atoms with Gasteiger partial charge in [-0.2, -0.15) is 0 Å². The van der Waals surface area contributed by atoms with Crippen molar-refractivity contribution in [2.45, 2.75) is 6.42 Å². The van der Waals surface area contributed by atoms with Crippen molar-refractivity contribution >= 4 is 22.5 Å². The Balaban J connectivity index is 1.44.